The van der Waals surface area contributed by atoms with Gasteiger partial charge in [-0.15, -0.1) is 0 Å². The van der Waals surface area contributed by atoms with Gasteiger partial charge in [-0.1, -0.05) is 6.92 Å². The zero-order valence-corrected chi connectivity index (χ0v) is 4.52. The molecule has 1 fully saturated rings. The van der Waals surface area contributed by atoms with Gasteiger partial charge in [-0.3, -0.25) is 5.32 Å². The fourth-order valence-corrected chi connectivity index (χ4v) is 0.885. The predicted molar refractivity (Wildman–Crippen MR) is 27.8 cm³/mol. The largest absolute Gasteiger partial charge is 0.379 e. The summed E-state index contributed by atoms with van der Waals surface area (Å²) >= 11 is 0. The Hall–Kier alpha value is -0.0800. The van der Waals surface area contributed by atoms with Crippen LogP contribution < -0.4 is 5.32 Å². The van der Waals surface area contributed by atoms with Gasteiger partial charge in [-0.25, -0.2) is 0 Å². The van der Waals surface area contributed by atoms with Crippen LogP contribution in [-0.4, -0.2) is 17.9 Å². The van der Waals surface area contributed by atoms with Crippen LogP contribution in [0.1, 0.15) is 13.3 Å². The van der Waals surface area contributed by atoms with Crippen molar-refractivity contribution in [1.29, 1.82) is 0 Å². The summed E-state index contributed by atoms with van der Waals surface area (Å²) in [5.74, 6) is 0.662. The minimum atomic E-state index is -0.227. The lowest BCUT2D eigenvalue weighted by atomic mass is 10.1. The smallest absolute Gasteiger partial charge is 0.105 e. The second-order valence-electron chi connectivity index (χ2n) is 2.26. The van der Waals surface area contributed by atoms with Gasteiger partial charge in [-0.05, 0) is 12.3 Å². The number of aliphatic hydroxyl groups is 1. The van der Waals surface area contributed by atoms with E-state index in [0.29, 0.717) is 5.92 Å². The molecule has 0 aromatic rings. The SMILES string of the molecule is CC1CNC(O)C1. The van der Waals surface area contributed by atoms with Crippen molar-refractivity contribution in [2.45, 2.75) is 19.6 Å². The van der Waals surface area contributed by atoms with Gasteiger partial charge in [0.2, 0.25) is 0 Å². The van der Waals surface area contributed by atoms with Crippen molar-refractivity contribution in [3.63, 3.8) is 0 Å². The molecule has 2 atom stereocenters. The first-order valence-electron chi connectivity index (χ1n) is 2.70. The van der Waals surface area contributed by atoms with Crippen LogP contribution in [0.25, 0.3) is 0 Å². The van der Waals surface area contributed by atoms with Gasteiger partial charge >= 0.3 is 0 Å². The lowest BCUT2D eigenvalue weighted by Crippen LogP contribution is -2.19. The summed E-state index contributed by atoms with van der Waals surface area (Å²) < 4.78 is 0. The molecular formula is C5H11NO. The minimum Gasteiger partial charge on any atom is -0.379 e. The minimum absolute atomic E-state index is 0.227. The van der Waals surface area contributed by atoms with Gasteiger partial charge in [-0.2, -0.15) is 0 Å². The standard InChI is InChI=1S/C5H11NO/c1-4-2-5(7)6-3-4/h4-7H,2-3H2,1H3. The summed E-state index contributed by atoms with van der Waals surface area (Å²) in [6, 6.07) is 0. The van der Waals surface area contributed by atoms with Gasteiger partial charge in [0.1, 0.15) is 6.23 Å². The lowest BCUT2D eigenvalue weighted by molar-refractivity contribution is 0.157. The molecule has 7 heavy (non-hydrogen) atoms. The Kier molecular flexibility index (Phi) is 1.30. The second kappa shape index (κ2) is 1.80. The summed E-state index contributed by atoms with van der Waals surface area (Å²) in [6.45, 7) is 3.10. The van der Waals surface area contributed by atoms with Crippen molar-refractivity contribution in [2.24, 2.45) is 5.92 Å². The van der Waals surface area contributed by atoms with E-state index in [2.05, 4.69) is 12.2 Å². The molecule has 0 spiro atoms. The highest BCUT2D eigenvalue weighted by Gasteiger charge is 2.16. The van der Waals surface area contributed by atoms with E-state index in [1.54, 1.807) is 0 Å². The molecule has 2 N–H and O–H groups in total. The van der Waals surface area contributed by atoms with E-state index in [1.807, 2.05) is 0 Å². The molecule has 2 nitrogen and oxygen atoms in total. The molecular weight excluding hydrogens is 90.1 g/mol. The fraction of sp³-hybridized carbons (Fsp3) is 1.00. The topological polar surface area (TPSA) is 32.3 Å². The zero-order chi connectivity index (χ0) is 5.28. The summed E-state index contributed by atoms with van der Waals surface area (Å²) in [5, 5.41) is 11.7. The van der Waals surface area contributed by atoms with E-state index in [-0.39, 0.29) is 6.23 Å². The Morgan fingerprint density at radius 2 is 2.43 bits per heavy atom. The molecule has 1 aliphatic heterocycles. The summed E-state index contributed by atoms with van der Waals surface area (Å²) in [7, 11) is 0. The monoisotopic (exact) mass is 101 g/mol. The Morgan fingerprint density at radius 1 is 1.71 bits per heavy atom. The number of hydrogen-bond acceptors (Lipinski definition) is 2. The van der Waals surface area contributed by atoms with E-state index >= 15 is 0 Å². The van der Waals surface area contributed by atoms with Gasteiger partial charge in [0.05, 0.1) is 0 Å². The summed E-state index contributed by atoms with van der Waals surface area (Å²) in [5.41, 5.74) is 0. The predicted octanol–water partition coefficient (Wildman–Crippen LogP) is -0.0658. The Balaban J connectivity index is 2.26. The molecule has 0 radical (unpaired) electrons. The Morgan fingerprint density at radius 3 is 2.57 bits per heavy atom. The van der Waals surface area contributed by atoms with Crippen LogP contribution >= 0.6 is 0 Å². The van der Waals surface area contributed by atoms with Crippen molar-refractivity contribution in [3.8, 4) is 0 Å². The van der Waals surface area contributed by atoms with Crippen molar-refractivity contribution < 1.29 is 5.11 Å². The highest BCUT2D eigenvalue weighted by molar-refractivity contribution is 4.69. The molecule has 0 saturated carbocycles. The van der Waals surface area contributed by atoms with E-state index in [9.17, 15) is 0 Å². The maximum atomic E-state index is 8.79. The van der Waals surface area contributed by atoms with E-state index < -0.39 is 0 Å². The first kappa shape index (κ1) is 5.06. The second-order valence-corrected chi connectivity index (χ2v) is 2.26. The molecule has 42 valence electrons. The molecule has 0 bridgehead atoms. The first-order chi connectivity index (χ1) is 3.29. The van der Waals surface area contributed by atoms with Crippen LogP contribution in [0.2, 0.25) is 0 Å². The summed E-state index contributed by atoms with van der Waals surface area (Å²) in [6.07, 6.45) is 0.690. The van der Waals surface area contributed by atoms with Crippen LogP contribution in [0.15, 0.2) is 0 Å². The maximum absolute atomic E-state index is 8.79. The fourth-order valence-electron chi connectivity index (χ4n) is 0.885. The average molecular weight is 101 g/mol. The van der Waals surface area contributed by atoms with Crippen LogP contribution in [0.4, 0.5) is 0 Å². The number of aliphatic hydroxyl groups excluding tert-OH is 1. The van der Waals surface area contributed by atoms with Gasteiger partial charge in [0, 0.05) is 6.54 Å². The number of rotatable bonds is 0. The van der Waals surface area contributed by atoms with Crippen LogP contribution in [0, 0.1) is 5.92 Å². The normalized spacial score (nSPS) is 42.0. The highest BCUT2D eigenvalue weighted by atomic mass is 16.3. The molecule has 0 aromatic carbocycles. The van der Waals surface area contributed by atoms with E-state index in [0.717, 1.165) is 13.0 Å². The molecule has 2 heteroatoms. The maximum Gasteiger partial charge on any atom is 0.105 e. The third kappa shape index (κ3) is 1.14. The van der Waals surface area contributed by atoms with E-state index in [1.165, 1.54) is 0 Å². The number of nitrogens with one attached hydrogen (secondary N) is 1. The van der Waals surface area contributed by atoms with Crippen LogP contribution in [0.3, 0.4) is 0 Å². The molecule has 0 amide bonds. The van der Waals surface area contributed by atoms with Crippen molar-refractivity contribution in [1.82, 2.24) is 5.32 Å². The highest BCUT2D eigenvalue weighted by Crippen LogP contribution is 2.09. The third-order valence-corrected chi connectivity index (χ3v) is 1.33. The molecule has 1 aliphatic rings. The Bertz CT molecular complexity index is 57.1. The average Bonchev–Trinajstić information content (AvgIpc) is 1.87. The van der Waals surface area contributed by atoms with Crippen molar-refractivity contribution in [3.05, 3.63) is 0 Å². The lowest BCUT2D eigenvalue weighted by Gasteiger charge is -1.95. The molecule has 1 rings (SSSR count). The van der Waals surface area contributed by atoms with Gasteiger partial charge in [0.15, 0.2) is 0 Å². The molecule has 1 heterocycles. The molecule has 0 aromatic heterocycles. The first-order valence-corrected chi connectivity index (χ1v) is 2.70. The van der Waals surface area contributed by atoms with E-state index in [4.69, 9.17) is 5.11 Å². The number of hydrogen-bond donors (Lipinski definition) is 2. The molecule has 1 saturated heterocycles. The van der Waals surface area contributed by atoms with Gasteiger partial charge in [0.25, 0.3) is 0 Å². The van der Waals surface area contributed by atoms with Crippen LogP contribution in [-0.2, 0) is 0 Å². The molecule has 2 unspecified atom stereocenters. The Labute approximate surface area is 43.5 Å². The van der Waals surface area contributed by atoms with Gasteiger partial charge < -0.3 is 5.11 Å². The van der Waals surface area contributed by atoms with Crippen molar-refractivity contribution >= 4 is 0 Å². The van der Waals surface area contributed by atoms with Crippen LogP contribution in [0.5, 0.6) is 0 Å². The molecule has 0 aliphatic carbocycles. The quantitative estimate of drug-likeness (QED) is 0.448. The third-order valence-electron chi connectivity index (χ3n) is 1.33. The zero-order valence-electron chi connectivity index (χ0n) is 4.52. The van der Waals surface area contributed by atoms with Crippen molar-refractivity contribution in [2.75, 3.05) is 6.54 Å². The summed E-state index contributed by atoms with van der Waals surface area (Å²) in [4.78, 5) is 0.